The SMILES string of the molecule is COc1ccc(S(=O)(=O)N(CC(=O)N2CCNCC2)CC(C)c2ccccc2)cc1.O=C(O)C(F)(F)F. The van der Waals surface area contributed by atoms with E-state index in [2.05, 4.69) is 5.32 Å². The summed E-state index contributed by atoms with van der Waals surface area (Å²) in [7, 11) is -2.32. The Hall–Kier alpha value is -3.16. The van der Waals surface area contributed by atoms with Crippen LogP contribution in [-0.4, -0.2) is 87.2 Å². The topological polar surface area (TPSA) is 116 Å². The Morgan fingerprint density at radius 1 is 1.08 bits per heavy atom. The van der Waals surface area contributed by atoms with Gasteiger partial charge in [-0.05, 0) is 35.7 Å². The third-order valence-electron chi connectivity index (χ3n) is 5.57. The number of sulfonamides is 1. The van der Waals surface area contributed by atoms with Gasteiger partial charge < -0.3 is 20.1 Å². The van der Waals surface area contributed by atoms with Gasteiger partial charge in [0, 0.05) is 32.7 Å². The van der Waals surface area contributed by atoms with E-state index in [1.807, 2.05) is 37.3 Å². The first-order chi connectivity index (χ1) is 17.4. The highest BCUT2D eigenvalue weighted by atomic mass is 32.2. The number of halogens is 3. The molecule has 1 aliphatic rings. The maximum absolute atomic E-state index is 13.4. The molecule has 1 heterocycles. The summed E-state index contributed by atoms with van der Waals surface area (Å²) in [6.45, 7) is 4.63. The summed E-state index contributed by atoms with van der Waals surface area (Å²) < 4.78 is 65.0. The van der Waals surface area contributed by atoms with Gasteiger partial charge in [-0.3, -0.25) is 4.79 Å². The van der Waals surface area contributed by atoms with Crippen molar-refractivity contribution in [2.75, 3.05) is 46.4 Å². The number of nitrogens with zero attached hydrogens (tertiary/aromatic N) is 2. The van der Waals surface area contributed by atoms with Crippen molar-refractivity contribution in [3.63, 3.8) is 0 Å². The van der Waals surface area contributed by atoms with Crippen LogP contribution in [0.5, 0.6) is 5.75 Å². The molecule has 1 saturated heterocycles. The second-order valence-electron chi connectivity index (χ2n) is 8.22. The Labute approximate surface area is 213 Å². The molecular weight excluding hydrogens is 515 g/mol. The molecule has 0 aromatic heterocycles. The molecule has 2 aromatic rings. The number of benzene rings is 2. The maximum Gasteiger partial charge on any atom is 0.490 e. The third kappa shape index (κ3) is 9.02. The molecule has 1 unspecified atom stereocenters. The number of hydrogen-bond acceptors (Lipinski definition) is 6. The first-order valence-corrected chi connectivity index (χ1v) is 12.8. The number of rotatable bonds is 8. The normalized spacial score (nSPS) is 14.9. The Kier molecular flexibility index (Phi) is 10.9. The molecule has 2 aromatic carbocycles. The van der Waals surface area contributed by atoms with E-state index in [-0.39, 0.29) is 29.8 Å². The smallest absolute Gasteiger partial charge is 0.490 e. The molecule has 0 aliphatic carbocycles. The average molecular weight is 546 g/mol. The number of carboxylic acids is 1. The highest BCUT2D eigenvalue weighted by molar-refractivity contribution is 7.89. The number of amides is 1. The second-order valence-corrected chi connectivity index (χ2v) is 10.2. The number of carbonyl (C=O) groups is 2. The maximum atomic E-state index is 13.4. The molecule has 3 rings (SSSR count). The number of carbonyl (C=O) groups excluding carboxylic acids is 1. The largest absolute Gasteiger partial charge is 0.497 e. The van der Waals surface area contributed by atoms with Crippen LogP contribution in [0.15, 0.2) is 59.5 Å². The molecular formula is C24H30F3N3O6S. The van der Waals surface area contributed by atoms with Crippen LogP contribution in [0.2, 0.25) is 0 Å². The Morgan fingerprint density at radius 3 is 2.11 bits per heavy atom. The quantitative estimate of drug-likeness (QED) is 0.524. The standard InChI is InChI=1S/C22H29N3O4S.C2HF3O2/c1-18(19-6-4-3-5-7-19)16-25(17-22(26)24-14-12-23-13-15-24)30(27,28)21-10-8-20(29-2)9-11-21;3-2(4,5)1(6)7/h3-11,18,23H,12-17H2,1-2H3;(H,6,7). The molecule has 2 N–H and O–H groups in total. The molecule has 0 radical (unpaired) electrons. The highest BCUT2D eigenvalue weighted by Gasteiger charge is 2.38. The lowest BCUT2D eigenvalue weighted by Gasteiger charge is -2.31. The number of piperazine rings is 1. The minimum absolute atomic E-state index is 0.0601. The van der Waals surface area contributed by atoms with Gasteiger partial charge in [0.05, 0.1) is 18.6 Å². The van der Waals surface area contributed by atoms with Crippen LogP contribution in [0.3, 0.4) is 0 Å². The Bertz CT molecular complexity index is 1120. The molecule has 0 saturated carbocycles. The molecule has 204 valence electrons. The summed E-state index contributed by atoms with van der Waals surface area (Å²) in [5.74, 6) is -2.41. The minimum atomic E-state index is -5.08. The lowest BCUT2D eigenvalue weighted by molar-refractivity contribution is -0.192. The predicted octanol–water partition coefficient (Wildman–Crippen LogP) is 2.55. The minimum Gasteiger partial charge on any atom is -0.497 e. The van der Waals surface area contributed by atoms with Gasteiger partial charge in [-0.1, -0.05) is 37.3 Å². The van der Waals surface area contributed by atoms with E-state index in [1.54, 1.807) is 17.0 Å². The zero-order valence-corrected chi connectivity index (χ0v) is 21.3. The summed E-state index contributed by atoms with van der Waals surface area (Å²) in [6, 6.07) is 16.0. The number of aliphatic carboxylic acids is 1. The van der Waals surface area contributed by atoms with Crippen molar-refractivity contribution >= 4 is 21.9 Å². The number of nitrogens with one attached hydrogen (secondary N) is 1. The number of alkyl halides is 3. The van der Waals surface area contributed by atoms with Crippen LogP contribution in [0.4, 0.5) is 13.2 Å². The van der Waals surface area contributed by atoms with Gasteiger partial charge in [-0.15, -0.1) is 0 Å². The molecule has 0 spiro atoms. The number of ether oxygens (including phenoxy) is 1. The Morgan fingerprint density at radius 2 is 1.62 bits per heavy atom. The fraction of sp³-hybridized carbons (Fsp3) is 0.417. The second kappa shape index (κ2) is 13.4. The Balaban J connectivity index is 0.000000604. The fourth-order valence-corrected chi connectivity index (χ4v) is 4.98. The molecule has 13 heteroatoms. The molecule has 1 aliphatic heterocycles. The molecule has 9 nitrogen and oxygen atoms in total. The van der Waals surface area contributed by atoms with E-state index in [1.165, 1.54) is 23.5 Å². The zero-order chi connectivity index (χ0) is 27.6. The predicted molar refractivity (Wildman–Crippen MR) is 130 cm³/mol. The summed E-state index contributed by atoms with van der Waals surface area (Å²) in [4.78, 5) is 23.6. The van der Waals surface area contributed by atoms with Crippen molar-refractivity contribution in [2.45, 2.75) is 23.9 Å². The fourth-order valence-electron chi connectivity index (χ4n) is 3.50. The molecule has 1 amide bonds. The lowest BCUT2D eigenvalue weighted by atomic mass is 10.0. The average Bonchev–Trinajstić information content (AvgIpc) is 2.89. The molecule has 0 bridgehead atoms. The number of carboxylic acid groups (broad SMARTS) is 1. The van der Waals surface area contributed by atoms with Gasteiger partial charge in [0.2, 0.25) is 15.9 Å². The van der Waals surface area contributed by atoms with Crippen LogP contribution in [0.1, 0.15) is 18.4 Å². The summed E-state index contributed by atoms with van der Waals surface area (Å²) >= 11 is 0. The van der Waals surface area contributed by atoms with Gasteiger partial charge in [-0.2, -0.15) is 17.5 Å². The zero-order valence-electron chi connectivity index (χ0n) is 20.4. The summed E-state index contributed by atoms with van der Waals surface area (Å²) in [5.41, 5.74) is 1.03. The lowest BCUT2D eigenvalue weighted by Crippen LogP contribution is -2.50. The van der Waals surface area contributed by atoms with E-state index in [4.69, 9.17) is 14.6 Å². The first-order valence-electron chi connectivity index (χ1n) is 11.3. The van der Waals surface area contributed by atoms with Crippen molar-refractivity contribution in [2.24, 2.45) is 0 Å². The van der Waals surface area contributed by atoms with E-state index < -0.39 is 22.2 Å². The van der Waals surface area contributed by atoms with Gasteiger partial charge in [0.25, 0.3) is 0 Å². The van der Waals surface area contributed by atoms with E-state index >= 15 is 0 Å². The third-order valence-corrected chi connectivity index (χ3v) is 7.39. The number of hydrogen-bond donors (Lipinski definition) is 2. The van der Waals surface area contributed by atoms with Gasteiger partial charge in [0.1, 0.15) is 5.75 Å². The monoisotopic (exact) mass is 545 g/mol. The van der Waals surface area contributed by atoms with Gasteiger partial charge in [-0.25, -0.2) is 13.2 Å². The van der Waals surface area contributed by atoms with Gasteiger partial charge in [0.15, 0.2) is 0 Å². The van der Waals surface area contributed by atoms with Gasteiger partial charge >= 0.3 is 12.1 Å². The van der Waals surface area contributed by atoms with Crippen LogP contribution >= 0.6 is 0 Å². The molecule has 1 fully saturated rings. The number of methoxy groups -OCH3 is 1. The molecule has 37 heavy (non-hydrogen) atoms. The van der Waals surface area contributed by atoms with E-state index in [0.29, 0.717) is 18.8 Å². The van der Waals surface area contributed by atoms with Crippen molar-refractivity contribution in [3.8, 4) is 5.75 Å². The van der Waals surface area contributed by atoms with Crippen LogP contribution < -0.4 is 10.1 Å². The molecule has 1 atom stereocenters. The first kappa shape index (κ1) is 30.1. The van der Waals surface area contributed by atoms with Crippen LogP contribution in [0.25, 0.3) is 0 Å². The summed E-state index contributed by atoms with van der Waals surface area (Å²) in [6.07, 6.45) is -5.08. The van der Waals surface area contributed by atoms with Crippen molar-refractivity contribution in [3.05, 3.63) is 60.2 Å². The van der Waals surface area contributed by atoms with E-state index in [0.717, 1.165) is 18.7 Å². The van der Waals surface area contributed by atoms with Crippen molar-refractivity contribution < 1.29 is 41.0 Å². The highest BCUT2D eigenvalue weighted by Crippen LogP contribution is 2.24. The van der Waals surface area contributed by atoms with Crippen LogP contribution in [-0.2, 0) is 19.6 Å². The van der Waals surface area contributed by atoms with E-state index in [9.17, 15) is 26.4 Å². The van der Waals surface area contributed by atoms with Crippen molar-refractivity contribution in [1.29, 1.82) is 0 Å². The van der Waals surface area contributed by atoms with Crippen molar-refractivity contribution in [1.82, 2.24) is 14.5 Å². The summed E-state index contributed by atoms with van der Waals surface area (Å²) in [5, 5.41) is 10.3. The van der Waals surface area contributed by atoms with Crippen LogP contribution in [0, 0.1) is 0 Å².